The molecule has 35 heavy (non-hydrogen) atoms. The zero-order valence-corrected chi connectivity index (χ0v) is 19.8. The molecule has 2 aromatic heterocycles. The average molecular weight is 487 g/mol. The quantitative estimate of drug-likeness (QED) is 0.524. The van der Waals surface area contributed by atoms with Crippen LogP contribution in [-0.2, 0) is 17.5 Å². The molecular weight excluding hydrogens is 457 g/mol. The first-order chi connectivity index (χ1) is 16.6. The van der Waals surface area contributed by atoms with Gasteiger partial charge in [0, 0.05) is 37.0 Å². The molecule has 2 N–H and O–H groups in total. The van der Waals surface area contributed by atoms with Crippen LogP contribution in [0, 0.1) is 13.8 Å². The van der Waals surface area contributed by atoms with Crippen molar-refractivity contribution in [2.75, 3.05) is 12.3 Å². The number of carbonyl (C=O) groups is 1. The van der Waals surface area contributed by atoms with Gasteiger partial charge in [-0.15, -0.1) is 0 Å². The van der Waals surface area contributed by atoms with Crippen LogP contribution >= 0.6 is 0 Å². The number of amides is 1. The van der Waals surface area contributed by atoms with Gasteiger partial charge in [0.15, 0.2) is 0 Å². The molecule has 1 fully saturated rings. The molecule has 0 saturated carbocycles. The maximum absolute atomic E-state index is 13.3. The largest absolute Gasteiger partial charge is 0.416 e. The van der Waals surface area contributed by atoms with Gasteiger partial charge in [0.2, 0.25) is 11.9 Å². The maximum Gasteiger partial charge on any atom is 0.416 e. The van der Waals surface area contributed by atoms with Crippen molar-refractivity contribution in [1.29, 1.82) is 0 Å². The first-order valence-corrected chi connectivity index (χ1v) is 11.7. The molecule has 0 unspecified atom stereocenters. The van der Waals surface area contributed by atoms with Crippen LogP contribution in [0.4, 0.5) is 19.1 Å². The minimum Gasteiger partial charge on any atom is -0.368 e. The van der Waals surface area contributed by atoms with Crippen molar-refractivity contribution < 1.29 is 18.0 Å². The summed E-state index contributed by atoms with van der Waals surface area (Å²) in [6.07, 6.45) is 0.359. The molecular formula is C25H29F3N6O. The van der Waals surface area contributed by atoms with Gasteiger partial charge in [-0.25, -0.2) is 9.97 Å². The normalized spacial score (nSPS) is 16.5. The summed E-state index contributed by atoms with van der Waals surface area (Å²) in [6, 6.07) is 6.69. The van der Waals surface area contributed by atoms with E-state index < -0.39 is 11.7 Å². The van der Waals surface area contributed by atoms with Crippen LogP contribution in [0.3, 0.4) is 0 Å². The number of aryl methyl sites for hydroxylation is 3. The van der Waals surface area contributed by atoms with Crippen molar-refractivity contribution in [3.05, 3.63) is 59.2 Å². The van der Waals surface area contributed by atoms with E-state index in [1.165, 1.54) is 12.3 Å². The molecule has 3 heterocycles. The van der Waals surface area contributed by atoms with Gasteiger partial charge in [0.25, 0.3) is 0 Å². The first-order valence-electron chi connectivity index (χ1n) is 11.7. The number of alkyl halides is 3. The van der Waals surface area contributed by atoms with E-state index in [1.807, 2.05) is 24.6 Å². The highest BCUT2D eigenvalue weighted by atomic mass is 19.4. The standard InChI is InChI=1S/C25H29F3N6O/c1-16-13-17(2)34(32-16)12-6-10-22(35)33-11-4-3-9-21(33)23-20(15-30-24(29)31-23)18-7-5-8-19(14-18)25(26,27)28/h5,7-8,13-15,21H,3-4,6,9-12H2,1-2H3,(H2,29,30,31)/t21-/m0/s1. The number of nitrogens with two attached hydrogens (primary N) is 1. The number of nitrogen functional groups attached to an aromatic ring is 1. The van der Waals surface area contributed by atoms with Gasteiger partial charge in [-0.05, 0) is 63.3 Å². The van der Waals surface area contributed by atoms with Gasteiger partial charge in [-0.2, -0.15) is 18.3 Å². The Kier molecular flexibility index (Phi) is 7.09. The minimum absolute atomic E-state index is 0.0107. The van der Waals surface area contributed by atoms with Crippen molar-refractivity contribution in [2.24, 2.45) is 0 Å². The van der Waals surface area contributed by atoms with Crippen molar-refractivity contribution in [3.8, 4) is 11.1 Å². The summed E-state index contributed by atoms with van der Waals surface area (Å²) in [5.74, 6) is 0.0154. The molecule has 0 radical (unpaired) electrons. The zero-order valence-electron chi connectivity index (χ0n) is 19.8. The van der Waals surface area contributed by atoms with Crippen LogP contribution in [0.2, 0.25) is 0 Å². The smallest absolute Gasteiger partial charge is 0.368 e. The lowest BCUT2D eigenvalue weighted by Crippen LogP contribution is -2.39. The Hall–Kier alpha value is -3.43. The highest BCUT2D eigenvalue weighted by Crippen LogP contribution is 2.38. The molecule has 3 aromatic rings. The zero-order chi connectivity index (χ0) is 25.2. The van der Waals surface area contributed by atoms with Crippen LogP contribution < -0.4 is 5.73 Å². The summed E-state index contributed by atoms with van der Waals surface area (Å²) >= 11 is 0. The predicted octanol–water partition coefficient (Wildman–Crippen LogP) is 5.09. The molecule has 0 aliphatic carbocycles. The monoisotopic (exact) mass is 486 g/mol. The number of anilines is 1. The molecule has 0 bridgehead atoms. The van der Waals surface area contributed by atoms with E-state index in [9.17, 15) is 18.0 Å². The molecule has 1 saturated heterocycles. The summed E-state index contributed by atoms with van der Waals surface area (Å²) in [5, 5.41) is 4.44. The van der Waals surface area contributed by atoms with Crippen molar-refractivity contribution in [1.82, 2.24) is 24.6 Å². The topological polar surface area (TPSA) is 89.9 Å². The second kappa shape index (κ2) is 10.1. The highest BCUT2D eigenvalue weighted by Gasteiger charge is 2.33. The summed E-state index contributed by atoms with van der Waals surface area (Å²) < 4.78 is 41.9. The van der Waals surface area contributed by atoms with Crippen molar-refractivity contribution >= 4 is 11.9 Å². The Balaban J connectivity index is 1.58. The SMILES string of the molecule is Cc1cc(C)n(CCCC(=O)N2CCCC[C@H]2c2nc(N)ncc2-c2cccc(C(F)(F)F)c2)n1. The lowest BCUT2D eigenvalue weighted by atomic mass is 9.93. The van der Waals surface area contributed by atoms with E-state index in [0.717, 1.165) is 36.4 Å². The van der Waals surface area contributed by atoms with Crippen LogP contribution in [0.5, 0.6) is 0 Å². The highest BCUT2D eigenvalue weighted by molar-refractivity contribution is 5.77. The maximum atomic E-state index is 13.3. The minimum atomic E-state index is -4.47. The summed E-state index contributed by atoms with van der Waals surface area (Å²) in [5.41, 5.74) is 8.40. The van der Waals surface area contributed by atoms with E-state index >= 15 is 0 Å². The molecule has 1 amide bonds. The Labute approximate surface area is 202 Å². The summed E-state index contributed by atoms with van der Waals surface area (Å²) in [4.78, 5) is 23.5. The Morgan fingerprint density at radius 1 is 1.20 bits per heavy atom. The fourth-order valence-corrected chi connectivity index (χ4v) is 4.69. The van der Waals surface area contributed by atoms with E-state index in [4.69, 9.17) is 5.73 Å². The Morgan fingerprint density at radius 2 is 2.00 bits per heavy atom. The molecule has 10 heteroatoms. The van der Waals surface area contributed by atoms with E-state index in [-0.39, 0.29) is 17.9 Å². The number of halogens is 3. The van der Waals surface area contributed by atoms with Crippen molar-refractivity contribution in [3.63, 3.8) is 0 Å². The van der Waals surface area contributed by atoms with Gasteiger partial charge < -0.3 is 10.6 Å². The van der Waals surface area contributed by atoms with Crippen LogP contribution in [0.25, 0.3) is 11.1 Å². The Bertz CT molecular complexity index is 1210. The number of benzene rings is 1. The summed E-state index contributed by atoms with van der Waals surface area (Å²) in [7, 11) is 0. The molecule has 186 valence electrons. The second-order valence-corrected chi connectivity index (χ2v) is 8.96. The lowest BCUT2D eigenvalue weighted by Gasteiger charge is -2.36. The van der Waals surface area contributed by atoms with Gasteiger partial charge in [-0.3, -0.25) is 9.48 Å². The molecule has 0 spiro atoms. The third kappa shape index (κ3) is 5.63. The fourth-order valence-electron chi connectivity index (χ4n) is 4.69. The van der Waals surface area contributed by atoms with Crippen LogP contribution in [0.15, 0.2) is 36.5 Å². The first kappa shape index (κ1) is 24.7. The molecule has 1 aliphatic rings. The third-order valence-electron chi connectivity index (χ3n) is 6.34. The number of carbonyl (C=O) groups excluding carboxylic acids is 1. The van der Waals surface area contributed by atoms with E-state index in [0.29, 0.717) is 49.2 Å². The lowest BCUT2D eigenvalue weighted by molar-refractivity contribution is -0.137. The molecule has 1 aliphatic heterocycles. The van der Waals surface area contributed by atoms with Gasteiger partial charge >= 0.3 is 6.18 Å². The molecule has 1 aromatic carbocycles. The number of likely N-dealkylation sites (tertiary alicyclic amines) is 1. The third-order valence-corrected chi connectivity index (χ3v) is 6.34. The number of aromatic nitrogens is 4. The number of hydrogen-bond acceptors (Lipinski definition) is 5. The molecule has 7 nitrogen and oxygen atoms in total. The van der Waals surface area contributed by atoms with Gasteiger partial charge in [-0.1, -0.05) is 12.1 Å². The second-order valence-electron chi connectivity index (χ2n) is 8.96. The number of rotatable bonds is 6. The van der Waals surface area contributed by atoms with Gasteiger partial charge in [0.1, 0.15) is 0 Å². The van der Waals surface area contributed by atoms with Crippen LogP contribution in [-0.4, -0.2) is 37.1 Å². The Morgan fingerprint density at radius 3 is 2.71 bits per heavy atom. The van der Waals surface area contributed by atoms with E-state index in [1.54, 1.807) is 11.0 Å². The average Bonchev–Trinajstić information content (AvgIpc) is 3.15. The molecule has 1 atom stereocenters. The number of piperidine rings is 1. The van der Waals surface area contributed by atoms with Gasteiger partial charge in [0.05, 0.1) is 23.0 Å². The van der Waals surface area contributed by atoms with Crippen molar-refractivity contribution in [2.45, 2.75) is 64.7 Å². The van der Waals surface area contributed by atoms with Crippen LogP contribution in [0.1, 0.15) is 60.8 Å². The molecule has 4 rings (SSSR count). The fraction of sp³-hybridized carbons (Fsp3) is 0.440. The predicted molar refractivity (Wildman–Crippen MR) is 126 cm³/mol. The van der Waals surface area contributed by atoms with E-state index in [2.05, 4.69) is 15.1 Å². The summed E-state index contributed by atoms with van der Waals surface area (Å²) in [6.45, 7) is 5.12. The number of hydrogen-bond donors (Lipinski definition) is 1. The number of nitrogens with zero attached hydrogens (tertiary/aromatic N) is 5.